The number of benzene rings is 2. The summed E-state index contributed by atoms with van der Waals surface area (Å²) in [5.74, 6) is -1.28. The van der Waals surface area contributed by atoms with Crippen LogP contribution in [-0.2, 0) is 24.4 Å². The van der Waals surface area contributed by atoms with Crippen LogP contribution in [0.25, 0.3) is 0 Å². The number of ketones is 3. The highest BCUT2D eigenvalue weighted by atomic mass is 16.5. The van der Waals surface area contributed by atoms with Gasteiger partial charge in [0.2, 0.25) is 0 Å². The molecule has 9 heteroatoms. The second-order valence-corrected chi connectivity index (χ2v) is 17.1. The first-order valence-electron chi connectivity index (χ1n) is 18.1. The Hall–Kier alpha value is -3.82. The molecule has 0 saturated heterocycles. The number of carbonyl (C=O) groups excluding carboxylic acids is 3. The monoisotopic (exact) mass is 680 g/mol. The highest BCUT2D eigenvalue weighted by molar-refractivity contribution is 6.24. The summed E-state index contributed by atoms with van der Waals surface area (Å²) in [6.07, 6.45) is 3.48. The lowest BCUT2D eigenvalue weighted by Crippen LogP contribution is -2.60. The van der Waals surface area contributed by atoms with Gasteiger partial charge in [0.1, 0.15) is 12.4 Å². The molecule has 2 saturated carbocycles. The lowest BCUT2D eigenvalue weighted by Gasteiger charge is -2.52. The third kappa shape index (κ3) is 5.70. The molecule has 0 radical (unpaired) electrons. The van der Waals surface area contributed by atoms with Gasteiger partial charge in [0.05, 0.1) is 34.2 Å². The fraction of sp³-hybridized carbons (Fsp3) is 0.561. The molecule has 0 N–H and O–H groups in total. The zero-order valence-corrected chi connectivity index (χ0v) is 31.1. The molecule has 2 fully saturated rings. The SMILES string of the molecule is Cc1noc2c1C(=O)C1(C)C(=O)C3C(=O)c4c(OCc5ccccc5)cc(CN(CC(C)(C)C)C5CC5)c(N(C)C)c4CC3CC1C2N(C)C. The smallest absolute Gasteiger partial charge is 0.182 e. The topological polar surface area (TPSA) is 96.2 Å². The van der Waals surface area contributed by atoms with Gasteiger partial charge in [-0.05, 0) is 87.7 Å². The summed E-state index contributed by atoms with van der Waals surface area (Å²) in [5, 5.41) is 4.17. The van der Waals surface area contributed by atoms with Crippen LogP contribution in [0.4, 0.5) is 5.69 Å². The molecule has 2 aromatic carbocycles. The molecule has 0 bridgehead atoms. The van der Waals surface area contributed by atoms with E-state index in [0.29, 0.717) is 53.8 Å². The van der Waals surface area contributed by atoms with E-state index in [1.54, 1.807) is 13.8 Å². The number of aryl methyl sites for hydroxylation is 1. The Bertz CT molecular complexity index is 1830. The van der Waals surface area contributed by atoms with E-state index in [1.807, 2.05) is 63.4 Å². The Kier molecular flexibility index (Phi) is 8.62. The number of Topliss-reactive ketones (excluding diaryl/α,β-unsaturated/α-hetero) is 3. The first-order valence-corrected chi connectivity index (χ1v) is 18.1. The number of anilines is 1. The largest absolute Gasteiger partial charge is 0.488 e. The second kappa shape index (κ2) is 12.4. The van der Waals surface area contributed by atoms with Crippen LogP contribution in [0.5, 0.6) is 5.75 Å². The number of rotatable bonds is 9. The van der Waals surface area contributed by atoms with Crippen molar-refractivity contribution in [3.8, 4) is 5.75 Å². The van der Waals surface area contributed by atoms with E-state index in [-0.39, 0.29) is 40.6 Å². The van der Waals surface area contributed by atoms with Crippen LogP contribution in [0.2, 0.25) is 0 Å². The van der Waals surface area contributed by atoms with Gasteiger partial charge in [0.25, 0.3) is 0 Å². The minimum absolute atomic E-state index is 0.127. The van der Waals surface area contributed by atoms with Crippen LogP contribution in [0.1, 0.15) is 102 Å². The highest BCUT2D eigenvalue weighted by Crippen LogP contribution is 2.59. The number of ether oxygens (including phenoxy) is 1. The summed E-state index contributed by atoms with van der Waals surface area (Å²) >= 11 is 0. The van der Waals surface area contributed by atoms with Crippen LogP contribution < -0.4 is 9.64 Å². The van der Waals surface area contributed by atoms with Gasteiger partial charge >= 0.3 is 0 Å². The summed E-state index contributed by atoms with van der Waals surface area (Å²) in [5.41, 5.74) is 4.24. The quantitative estimate of drug-likeness (QED) is 0.229. The molecule has 0 amide bonds. The molecule has 5 unspecified atom stereocenters. The van der Waals surface area contributed by atoms with Crippen molar-refractivity contribution in [3.63, 3.8) is 0 Å². The molecule has 3 aromatic rings. The van der Waals surface area contributed by atoms with Gasteiger partial charge in [0.15, 0.2) is 23.1 Å². The highest BCUT2D eigenvalue weighted by Gasteiger charge is 2.65. The maximum Gasteiger partial charge on any atom is 0.182 e. The van der Waals surface area contributed by atoms with Gasteiger partial charge in [-0.15, -0.1) is 0 Å². The average molecular weight is 681 g/mol. The molecule has 4 aliphatic carbocycles. The molecule has 9 nitrogen and oxygen atoms in total. The Balaban J connectivity index is 1.36. The molecule has 0 aliphatic heterocycles. The first kappa shape index (κ1) is 34.6. The maximum atomic E-state index is 15.0. The molecule has 1 aromatic heterocycles. The third-order valence-corrected chi connectivity index (χ3v) is 11.6. The summed E-state index contributed by atoms with van der Waals surface area (Å²) in [6.45, 7) is 12.4. The predicted octanol–water partition coefficient (Wildman–Crippen LogP) is 6.70. The van der Waals surface area contributed by atoms with Crippen molar-refractivity contribution in [1.29, 1.82) is 0 Å². The van der Waals surface area contributed by atoms with Crippen molar-refractivity contribution in [1.82, 2.24) is 15.0 Å². The van der Waals surface area contributed by atoms with Gasteiger partial charge in [-0.25, -0.2) is 0 Å². The average Bonchev–Trinajstić information content (AvgIpc) is 3.82. The molecular formula is C41H52N4O5. The van der Waals surface area contributed by atoms with Crippen LogP contribution in [0.3, 0.4) is 0 Å². The fourth-order valence-electron chi connectivity index (χ4n) is 9.33. The van der Waals surface area contributed by atoms with Gasteiger partial charge in [-0.3, -0.25) is 24.2 Å². The minimum Gasteiger partial charge on any atom is -0.488 e. The third-order valence-electron chi connectivity index (χ3n) is 11.6. The Morgan fingerprint density at radius 1 is 1.02 bits per heavy atom. The van der Waals surface area contributed by atoms with Crippen molar-refractivity contribution in [2.75, 3.05) is 39.6 Å². The molecule has 5 atom stereocenters. The van der Waals surface area contributed by atoms with E-state index in [0.717, 1.165) is 35.5 Å². The summed E-state index contributed by atoms with van der Waals surface area (Å²) < 4.78 is 12.4. The van der Waals surface area contributed by atoms with E-state index in [2.05, 4.69) is 41.8 Å². The molecule has 4 aliphatic rings. The number of aromatic nitrogens is 1. The van der Waals surface area contributed by atoms with E-state index in [1.165, 1.54) is 12.8 Å². The van der Waals surface area contributed by atoms with Crippen molar-refractivity contribution in [3.05, 3.63) is 75.7 Å². The van der Waals surface area contributed by atoms with Gasteiger partial charge in [0, 0.05) is 44.8 Å². The Labute approximate surface area is 296 Å². The number of hydrogen-bond acceptors (Lipinski definition) is 9. The molecule has 50 heavy (non-hydrogen) atoms. The van der Waals surface area contributed by atoms with Gasteiger partial charge in [-0.1, -0.05) is 56.3 Å². The Morgan fingerprint density at radius 2 is 1.72 bits per heavy atom. The van der Waals surface area contributed by atoms with Crippen LogP contribution >= 0.6 is 0 Å². The van der Waals surface area contributed by atoms with Crippen LogP contribution in [-0.4, -0.2) is 73.1 Å². The second-order valence-electron chi connectivity index (χ2n) is 17.1. The van der Waals surface area contributed by atoms with Crippen LogP contribution in [0, 0.1) is 35.5 Å². The lowest BCUT2D eigenvalue weighted by atomic mass is 9.49. The molecule has 266 valence electrons. The zero-order valence-electron chi connectivity index (χ0n) is 31.1. The van der Waals surface area contributed by atoms with Crippen molar-refractivity contribution in [2.24, 2.45) is 28.6 Å². The van der Waals surface area contributed by atoms with Crippen molar-refractivity contribution < 1.29 is 23.6 Å². The number of fused-ring (bicyclic) bond motifs is 4. The van der Waals surface area contributed by atoms with Gasteiger partial charge < -0.3 is 14.2 Å². The predicted molar refractivity (Wildman–Crippen MR) is 193 cm³/mol. The maximum absolute atomic E-state index is 15.0. The normalized spacial score (nSPS) is 26.1. The lowest BCUT2D eigenvalue weighted by molar-refractivity contribution is -0.140. The fourth-order valence-corrected chi connectivity index (χ4v) is 9.33. The standard InChI is InChI=1S/C41H52N4O5/c1-23-31-37(50-42-23)35(44(8)9)29-18-25-17-28-33(36(46)32(25)39(48)41(29,5)38(31)47)30(49-21-24-13-11-10-12-14-24)19-26(34(28)43(6)7)20-45(27-15-16-27)22-40(2,3)4/h10-14,19,25,27,29,32,35H,15-18,20-22H2,1-9H3. The van der Waals surface area contributed by atoms with E-state index in [9.17, 15) is 9.59 Å². The molecular weight excluding hydrogens is 628 g/mol. The summed E-state index contributed by atoms with van der Waals surface area (Å²) in [6, 6.07) is 12.3. The number of nitrogens with zero attached hydrogens (tertiary/aromatic N) is 4. The molecule has 0 spiro atoms. The molecule has 1 heterocycles. The van der Waals surface area contributed by atoms with Crippen molar-refractivity contribution >= 4 is 23.0 Å². The zero-order chi connectivity index (χ0) is 35.9. The summed E-state index contributed by atoms with van der Waals surface area (Å²) in [4.78, 5) is 51.1. The minimum atomic E-state index is -1.38. The van der Waals surface area contributed by atoms with Crippen LogP contribution in [0.15, 0.2) is 40.9 Å². The summed E-state index contributed by atoms with van der Waals surface area (Å²) in [7, 11) is 8.00. The number of carbonyl (C=O) groups is 3. The Morgan fingerprint density at radius 3 is 2.34 bits per heavy atom. The molecule has 7 rings (SSSR count). The first-order chi connectivity index (χ1) is 23.6. The van der Waals surface area contributed by atoms with E-state index < -0.39 is 11.3 Å². The van der Waals surface area contributed by atoms with Crippen molar-refractivity contribution in [2.45, 2.75) is 85.5 Å². The van der Waals surface area contributed by atoms with Gasteiger partial charge in [-0.2, -0.15) is 0 Å². The van der Waals surface area contributed by atoms with E-state index >= 15 is 4.79 Å². The number of hydrogen-bond donors (Lipinski definition) is 0. The van der Waals surface area contributed by atoms with E-state index in [4.69, 9.17) is 9.26 Å².